The summed E-state index contributed by atoms with van der Waals surface area (Å²) in [5.74, 6) is 1.61. The average Bonchev–Trinajstić information content (AvgIpc) is 2.92. The van der Waals surface area contributed by atoms with Crippen LogP contribution in [0.25, 0.3) is 0 Å². The molecule has 118 valence electrons. The molecule has 5 heteroatoms. The van der Waals surface area contributed by atoms with Crippen molar-refractivity contribution < 1.29 is 9.47 Å². The van der Waals surface area contributed by atoms with Crippen LogP contribution in [0.4, 0.5) is 0 Å². The Balaban J connectivity index is 1.95. The van der Waals surface area contributed by atoms with E-state index in [2.05, 4.69) is 30.8 Å². The number of likely N-dealkylation sites (N-methyl/N-ethyl adjacent to an activating group) is 1. The molecule has 0 amide bonds. The van der Waals surface area contributed by atoms with Crippen molar-refractivity contribution in [2.45, 2.75) is 19.4 Å². The van der Waals surface area contributed by atoms with Gasteiger partial charge in [-0.25, -0.2) is 0 Å². The minimum absolute atomic E-state index is 0.00628. The van der Waals surface area contributed by atoms with Crippen LogP contribution in [-0.4, -0.2) is 56.9 Å². The summed E-state index contributed by atoms with van der Waals surface area (Å²) >= 11 is 0. The van der Waals surface area contributed by atoms with E-state index in [0.717, 1.165) is 49.7 Å². The zero-order valence-electron chi connectivity index (χ0n) is 13.3. The number of nitrogens with two attached hydrogens (primary N) is 1. The Kier molecular flexibility index (Phi) is 5.85. The van der Waals surface area contributed by atoms with Gasteiger partial charge in [0.15, 0.2) is 11.5 Å². The van der Waals surface area contributed by atoms with Crippen LogP contribution >= 0.6 is 0 Å². The predicted molar refractivity (Wildman–Crippen MR) is 84.8 cm³/mol. The highest BCUT2D eigenvalue weighted by molar-refractivity contribution is 5.45. The zero-order chi connectivity index (χ0) is 15.2. The lowest BCUT2D eigenvalue weighted by Crippen LogP contribution is -2.37. The highest BCUT2D eigenvalue weighted by Gasteiger charge is 2.17. The van der Waals surface area contributed by atoms with Gasteiger partial charge in [-0.05, 0) is 44.8 Å². The Labute approximate surface area is 127 Å². The first kappa shape index (κ1) is 16.1. The fraction of sp³-hybridized carbons (Fsp3) is 0.625. The summed E-state index contributed by atoms with van der Waals surface area (Å²) in [5, 5.41) is 0. The molecule has 1 aliphatic rings. The molecule has 0 saturated carbocycles. The number of hydrogen-bond acceptors (Lipinski definition) is 5. The van der Waals surface area contributed by atoms with Crippen LogP contribution in [0.5, 0.6) is 11.5 Å². The third-order valence-electron chi connectivity index (χ3n) is 3.68. The van der Waals surface area contributed by atoms with Crippen LogP contribution in [-0.2, 0) is 0 Å². The van der Waals surface area contributed by atoms with Gasteiger partial charge in [0.1, 0.15) is 0 Å². The molecule has 0 aliphatic carbocycles. The van der Waals surface area contributed by atoms with Gasteiger partial charge < -0.3 is 25.0 Å². The first-order chi connectivity index (χ1) is 10.1. The molecular formula is C16H27N3O2. The fourth-order valence-corrected chi connectivity index (χ4v) is 2.48. The highest BCUT2D eigenvalue weighted by atomic mass is 16.7. The quantitative estimate of drug-likeness (QED) is 0.790. The van der Waals surface area contributed by atoms with Gasteiger partial charge in [-0.2, -0.15) is 0 Å². The van der Waals surface area contributed by atoms with Gasteiger partial charge in [-0.15, -0.1) is 0 Å². The molecule has 21 heavy (non-hydrogen) atoms. The minimum atomic E-state index is -0.00628. The topological polar surface area (TPSA) is 51.0 Å². The molecule has 5 nitrogen and oxygen atoms in total. The van der Waals surface area contributed by atoms with Crippen molar-refractivity contribution >= 4 is 0 Å². The molecule has 2 N–H and O–H groups in total. The molecule has 0 saturated heterocycles. The van der Waals surface area contributed by atoms with Crippen LogP contribution in [0.15, 0.2) is 18.2 Å². The predicted octanol–water partition coefficient (Wildman–Crippen LogP) is 1.69. The van der Waals surface area contributed by atoms with Crippen molar-refractivity contribution in [1.82, 2.24) is 9.80 Å². The van der Waals surface area contributed by atoms with Gasteiger partial charge in [0, 0.05) is 25.7 Å². The standard InChI is InChI=1S/C16H27N3O2/c1-4-7-19(9-8-18(2)3)11-14(17)13-5-6-15-16(10-13)21-12-20-15/h5-6,10,14H,4,7-9,11-12,17H2,1-3H3. The van der Waals surface area contributed by atoms with E-state index in [1.165, 1.54) is 0 Å². The van der Waals surface area contributed by atoms with Gasteiger partial charge in [0.05, 0.1) is 0 Å². The summed E-state index contributed by atoms with van der Waals surface area (Å²) < 4.78 is 10.8. The maximum atomic E-state index is 6.37. The second-order valence-corrected chi connectivity index (χ2v) is 5.82. The van der Waals surface area contributed by atoms with Gasteiger partial charge >= 0.3 is 0 Å². The third kappa shape index (κ3) is 4.59. The van der Waals surface area contributed by atoms with Crippen LogP contribution in [0, 0.1) is 0 Å². The van der Waals surface area contributed by atoms with Crippen LogP contribution in [0.2, 0.25) is 0 Å². The van der Waals surface area contributed by atoms with E-state index >= 15 is 0 Å². The lowest BCUT2D eigenvalue weighted by Gasteiger charge is -2.26. The summed E-state index contributed by atoms with van der Waals surface area (Å²) in [7, 11) is 4.20. The molecule has 1 heterocycles. The summed E-state index contributed by atoms with van der Waals surface area (Å²) in [6.07, 6.45) is 1.14. The van der Waals surface area contributed by atoms with Gasteiger partial charge in [-0.3, -0.25) is 0 Å². The first-order valence-corrected chi connectivity index (χ1v) is 7.62. The van der Waals surface area contributed by atoms with Crippen molar-refractivity contribution in [3.05, 3.63) is 23.8 Å². The molecule has 1 aromatic carbocycles. The minimum Gasteiger partial charge on any atom is -0.454 e. The number of ether oxygens (including phenoxy) is 2. The summed E-state index contributed by atoms with van der Waals surface area (Å²) in [4.78, 5) is 4.63. The summed E-state index contributed by atoms with van der Waals surface area (Å²) in [5.41, 5.74) is 7.48. The second-order valence-electron chi connectivity index (χ2n) is 5.82. The lowest BCUT2D eigenvalue weighted by atomic mass is 10.1. The van der Waals surface area contributed by atoms with Gasteiger partial charge in [0.25, 0.3) is 0 Å². The normalized spacial score (nSPS) is 15.0. The van der Waals surface area contributed by atoms with E-state index in [4.69, 9.17) is 15.2 Å². The van der Waals surface area contributed by atoms with E-state index < -0.39 is 0 Å². The van der Waals surface area contributed by atoms with Crippen LogP contribution in [0.3, 0.4) is 0 Å². The van der Waals surface area contributed by atoms with E-state index in [-0.39, 0.29) is 6.04 Å². The molecule has 1 aliphatic heterocycles. The molecule has 1 unspecified atom stereocenters. The summed E-state index contributed by atoms with van der Waals surface area (Å²) in [6, 6.07) is 5.98. The molecule has 1 aromatic rings. The number of nitrogens with zero attached hydrogens (tertiary/aromatic N) is 2. The molecule has 0 fully saturated rings. The summed E-state index contributed by atoms with van der Waals surface area (Å²) in [6.45, 7) is 6.54. The molecule has 0 radical (unpaired) electrons. The zero-order valence-corrected chi connectivity index (χ0v) is 13.3. The second kappa shape index (κ2) is 7.64. The van der Waals surface area contributed by atoms with E-state index in [9.17, 15) is 0 Å². The Morgan fingerprint density at radius 2 is 1.90 bits per heavy atom. The highest BCUT2D eigenvalue weighted by Crippen LogP contribution is 2.33. The fourth-order valence-electron chi connectivity index (χ4n) is 2.48. The molecule has 0 bridgehead atoms. The van der Waals surface area contributed by atoms with Crippen molar-refractivity contribution in [1.29, 1.82) is 0 Å². The monoisotopic (exact) mass is 293 g/mol. The Bertz CT molecular complexity index is 451. The largest absolute Gasteiger partial charge is 0.454 e. The number of benzene rings is 1. The van der Waals surface area contributed by atoms with Crippen LogP contribution in [0.1, 0.15) is 24.9 Å². The van der Waals surface area contributed by atoms with E-state index in [0.29, 0.717) is 6.79 Å². The molecular weight excluding hydrogens is 266 g/mol. The number of rotatable bonds is 8. The maximum Gasteiger partial charge on any atom is 0.231 e. The molecule has 0 spiro atoms. The Morgan fingerprint density at radius 3 is 2.62 bits per heavy atom. The first-order valence-electron chi connectivity index (χ1n) is 7.62. The number of fused-ring (bicyclic) bond motifs is 1. The van der Waals surface area contributed by atoms with Crippen molar-refractivity contribution in [3.8, 4) is 11.5 Å². The maximum absolute atomic E-state index is 6.37. The van der Waals surface area contributed by atoms with E-state index in [1.807, 2.05) is 18.2 Å². The van der Waals surface area contributed by atoms with Crippen molar-refractivity contribution in [2.75, 3.05) is 47.1 Å². The average molecular weight is 293 g/mol. The lowest BCUT2D eigenvalue weighted by molar-refractivity contribution is 0.174. The molecule has 2 rings (SSSR count). The SMILES string of the molecule is CCCN(CCN(C)C)CC(N)c1ccc2c(c1)OCO2. The van der Waals surface area contributed by atoms with Crippen molar-refractivity contribution in [2.24, 2.45) is 5.73 Å². The van der Waals surface area contributed by atoms with Crippen molar-refractivity contribution in [3.63, 3.8) is 0 Å². The van der Waals surface area contributed by atoms with E-state index in [1.54, 1.807) is 0 Å². The van der Waals surface area contributed by atoms with Crippen LogP contribution < -0.4 is 15.2 Å². The smallest absolute Gasteiger partial charge is 0.231 e. The Morgan fingerprint density at radius 1 is 1.14 bits per heavy atom. The molecule has 1 atom stereocenters. The number of hydrogen-bond donors (Lipinski definition) is 1. The van der Waals surface area contributed by atoms with Gasteiger partial charge in [-0.1, -0.05) is 13.0 Å². The van der Waals surface area contributed by atoms with Gasteiger partial charge in [0.2, 0.25) is 6.79 Å². The third-order valence-corrected chi connectivity index (χ3v) is 3.68. The molecule has 0 aromatic heterocycles. The Hall–Kier alpha value is -1.30.